The fourth-order valence-corrected chi connectivity index (χ4v) is 3.38. The van der Waals surface area contributed by atoms with Gasteiger partial charge < -0.3 is 10.2 Å². The molecule has 2 aliphatic rings. The van der Waals surface area contributed by atoms with Crippen molar-refractivity contribution in [1.82, 2.24) is 10.2 Å². The van der Waals surface area contributed by atoms with Crippen molar-refractivity contribution in [3.05, 3.63) is 0 Å². The predicted molar refractivity (Wildman–Crippen MR) is 69.7 cm³/mol. The van der Waals surface area contributed by atoms with Gasteiger partial charge >= 0.3 is 0 Å². The summed E-state index contributed by atoms with van der Waals surface area (Å²) in [5.74, 6) is 0. The van der Waals surface area contributed by atoms with Crippen LogP contribution >= 0.6 is 0 Å². The van der Waals surface area contributed by atoms with Crippen molar-refractivity contribution in [3.63, 3.8) is 0 Å². The summed E-state index contributed by atoms with van der Waals surface area (Å²) in [4.78, 5) is 2.60. The Morgan fingerprint density at radius 3 is 2.38 bits per heavy atom. The molecule has 2 nitrogen and oxygen atoms in total. The maximum absolute atomic E-state index is 3.70. The topological polar surface area (TPSA) is 15.3 Å². The standard InChI is InChI=1S/C14H28N2/c1-2-14(7-3-4-8-14)13-15-9-12-16-10-5-6-11-16/h15H,2-13H2,1H3. The number of likely N-dealkylation sites (tertiary alicyclic amines) is 1. The summed E-state index contributed by atoms with van der Waals surface area (Å²) in [7, 11) is 0. The monoisotopic (exact) mass is 224 g/mol. The minimum Gasteiger partial charge on any atom is -0.315 e. The molecule has 94 valence electrons. The molecule has 0 amide bonds. The number of hydrogen-bond acceptors (Lipinski definition) is 2. The molecule has 0 atom stereocenters. The molecule has 2 fully saturated rings. The molecule has 2 heteroatoms. The van der Waals surface area contributed by atoms with Crippen LogP contribution in [0.1, 0.15) is 51.9 Å². The molecule has 0 bridgehead atoms. The van der Waals surface area contributed by atoms with E-state index in [4.69, 9.17) is 0 Å². The van der Waals surface area contributed by atoms with E-state index in [1.165, 1.54) is 77.7 Å². The Bertz CT molecular complexity index is 191. The smallest absolute Gasteiger partial charge is 0.0107 e. The number of rotatable bonds is 6. The van der Waals surface area contributed by atoms with E-state index in [0.717, 1.165) is 0 Å². The van der Waals surface area contributed by atoms with Gasteiger partial charge in [0.1, 0.15) is 0 Å². The van der Waals surface area contributed by atoms with Gasteiger partial charge in [-0.2, -0.15) is 0 Å². The molecule has 1 aliphatic heterocycles. The van der Waals surface area contributed by atoms with Crippen LogP contribution in [0.25, 0.3) is 0 Å². The van der Waals surface area contributed by atoms with Crippen molar-refractivity contribution in [1.29, 1.82) is 0 Å². The molecule has 0 unspecified atom stereocenters. The zero-order valence-electron chi connectivity index (χ0n) is 10.9. The summed E-state index contributed by atoms with van der Waals surface area (Å²) in [6.07, 6.45) is 10.0. The molecule has 1 saturated carbocycles. The van der Waals surface area contributed by atoms with E-state index >= 15 is 0 Å². The summed E-state index contributed by atoms with van der Waals surface area (Å²) in [5, 5.41) is 3.70. The van der Waals surface area contributed by atoms with Gasteiger partial charge in [-0.1, -0.05) is 19.8 Å². The third-order valence-corrected chi connectivity index (χ3v) is 4.72. The van der Waals surface area contributed by atoms with Gasteiger partial charge in [0.2, 0.25) is 0 Å². The van der Waals surface area contributed by atoms with Gasteiger partial charge in [0.15, 0.2) is 0 Å². The second-order valence-electron chi connectivity index (χ2n) is 5.79. The number of nitrogens with zero attached hydrogens (tertiary/aromatic N) is 1. The van der Waals surface area contributed by atoms with E-state index in [-0.39, 0.29) is 0 Å². The summed E-state index contributed by atoms with van der Waals surface area (Å²) < 4.78 is 0. The Morgan fingerprint density at radius 1 is 1.06 bits per heavy atom. The second-order valence-corrected chi connectivity index (χ2v) is 5.79. The zero-order valence-corrected chi connectivity index (χ0v) is 10.9. The first-order chi connectivity index (χ1) is 7.85. The number of nitrogens with one attached hydrogen (secondary N) is 1. The van der Waals surface area contributed by atoms with Crippen LogP contribution in [0.4, 0.5) is 0 Å². The van der Waals surface area contributed by atoms with Gasteiger partial charge in [0.25, 0.3) is 0 Å². The third kappa shape index (κ3) is 3.21. The van der Waals surface area contributed by atoms with E-state index in [1.807, 2.05) is 0 Å². The van der Waals surface area contributed by atoms with E-state index in [2.05, 4.69) is 17.1 Å². The fraction of sp³-hybridized carbons (Fsp3) is 1.00. The fourth-order valence-electron chi connectivity index (χ4n) is 3.38. The molecule has 0 spiro atoms. The molecule has 1 N–H and O–H groups in total. The van der Waals surface area contributed by atoms with E-state index < -0.39 is 0 Å². The van der Waals surface area contributed by atoms with Crippen molar-refractivity contribution in [2.24, 2.45) is 5.41 Å². The lowest BCUT2D eigenvalue weighted by Crippen LogP contribution is -2.36. The quantitative estimate of drug-likeness (QED) is 0.698. The van der Waals surface area contributed by atoms with E-state index in [9.17, 15) is 0 Å². The van der Waals surface area contributed by atoms with Crippen LogP contribution in [0, 0.1) is 5.41 Å². The van der Waals surface area contributed by atoms with Crippen molar-refractivity contribution in [2.45, 2.75) is 51.9 Å². The Kier molecular flexibility index (Phi) is 4.66. The van der Waals surface area contributed by atoms with Gasteiger partial charge in [0, 0.05) is 19.6 Å². The lowest BCUT2D eigenvalue weighted by atomic mass is 9.83. The Balaban J connectivity index is 1.59. The van der Waals surface area contributed by atoms with Crippen LogP contribution in [0.5, 0.6) is 0 Å². The molecular formula is C14H28N2. The highest BCUT2D eigenvalue weighted by molar-refractivity contribution is 4.85. The van der Waals surface area contributed by atoms with Crippen molar-refractivity contribution in [3.8, 4) is 0 Å². The summed E-state index contributed by atoms with van der Waals surface area (Å²) in [5.41, 5.74) is 0.658. The average Bonchev–Trinajstić information content (AvgIpc) is 2.97. The Morgan fingerprint density at radius 2 is 1.75 bits per heavy atom. The SMILES string of the molecule is CCC1(CNCCN2CCCC2)CCCC1. The van der Waals surface area contributed by atoms with Crippen molar-refractivity contribution < 1.29 is 0 Å². The second kappa shape index (κ2) is 6.02. The first kappa shape index (κ1) is 12.4. The van der Waals surface area contributed by atoms with E-state index in [1.54, 1.807) is 0 Å². The van der Waals surface area contributed by atoms with Gasteiger partial charge in [-0.05, 0) is 50.6 Å². The van der Waals surface area contributed by atoms with Crippen LogP contribution in [-0.4, -0.2) is 37.6 Å². The highest BCUT2D eigenvalue weighted by Crippen LogP contribution is 2.40. The Labute approximate surface area is 101 Å². The largest absolute Gasteiger partial charge is 0.315 e. The summed E-state index contributed by atoms with van der Waals surface area (Å²) in [6, 6.07) is 0. The van der Waals surface area contributed by atoms with Crippen LogP contribution in [-0.2, 0) is 0 Å². The minimum atomic E-state index is 0.658. The van der Waals surface area contributed by atoms with Crippen molar-refractivity contribution >= 4 is 0 Å². The van der Waals surface area contributed by atoms with Crippen LogP contribution in [0.15, 0.2) is 0 Å². The maximum atomic E-state index is 3.70. The summed E-state index contributed by atoms with van der Waals surface area (Å²) in [6.45, 7) is 8.76. The Hall–Kier alpha value is -0.0800. The molecule has 0 aromatic heterocycles. The van der Waals surface area contributed by atoms with Gasteiger partial charge in [-0.25, -0.2) is 0 Å². The van der Waals surface area contributed by atoms with Gasteiger partial charge in [-0.3, -0.25) is 0 Å². The predicted octanol–water partition coefficient (Wildman–Crippen LogP) is 2.64. The van der Waals surface area contributed by atoms with Crippen LogP contribution < -0.4 is 5.32 Å². The molecule has 0 radical (unpaired) electrons. The van der Waals surface area contributed by atoms with Gasteiger partial charge in [-0.15, -0.1) is 0 Å². The molecule has 0 aromatic carbocycles. The zero-order chi connectivity index (χ0) is 11.3. The third-order valence-electron chi connectivity index (χ3n) is 4.72. The first-order valence-electron chi connectivity index (χ1n) is 7.28. The molecule has 1 aliphatic carbocycles. The average molecular weight is 224 g/mol. The van der Waals surface area contributed by atoms with Crippen LogP contribution in [0.2, 0.25) is 0 Å². The highest BCUT2D eigenvalue weighted by Gasteiger charge is 2.31. The first-order valence-corrected chi connectivity index (χ1v) is 7.28. The molecule has 1 saturated heterocycles. The van der Waals surface area contributed by atoms with Crippen molar-refractivity contribution in [2.75, 3.05) is 32.7 Å². The summed E-state index contributed by atoms with van der Waals surface area (Å²) >= 11 is 0. The van der Waals surface area contributed by atoms with Crippen LogP contribution in [0.3, 0.4) is 0 Å². The lowest BCUT2D eigenvalue weighted by molar-refractivity contribution is 0.258. The molecule has 16 heavy (non-hydrogen) atoms. The minimum absolute atomic E-state index is 0.658. The molecule has 2 rings (SSSR count). The lowest BCUT2D eigenvalue weighted by Gasteiger charge is -2.28. The van der Waals surface area contributed by atoms with Gasteiger partial charge in [0.05, 0.1) is 0 Å². The maximum Gasteiger partial charge on any atom is 0.0107 e. The molecule has 0 aromatic rings. The number of hydrogen-bond donors (Lipinski definition) is 1. The highest BCUT2D eigenvalue weighted by atomic mass is 15.1. The van der Waals surface area contributed by atoms with E-state index in [0.29, 0.717) is 5.41 Å². The normalized spacial score (nSPS) is 25.3. The molecular weight excluding hydrogens is 196 g/mol. The molecule has 1 heterocycles.